The minimum absolute atomic E-state index is 0.168. The van der Waals surface area contributed by atoms with E-state index in [0.717, 1.165) is 19.5 Å². The molecular weight excluding hydrogens is 200 g/mol. The summed E-state index contributed by atoms with van der Waals surface area (Å²) in [6.07, 6.45) is 10.7. The fraction of sp³-hybridized carbons (Fsp3) is 0.923. The predicted octanol–water partition coefficient (Wildman–Crippen LogP) is 2.59. The molecule has 0 rings (SSSR count). The third-order valence-corrected chi connectivity index (χ3v) is 2.77. The highest BCUT2D eigenvalue weighted by molar-refractivity contribution is 5.75. The van der Waals surface area contributed by atoms with Gasteiger partial charge in [-0.15, -0.1) is 0 Å². The Kier molecular flexibility index (Phi) is 12.1. The number of hydrogen-bond donors (Lipinski definition) is 2. The first kappa shape index (κ1) is 15.4. The molecule has 0 aliphatic heterocycles. The molecule has 0 saturated carbocycles. The molecule has 0 bridgehead atoms. The normalized spacial score (nSPS) is 10.4. The van der Waals surface area contributed by atoms with Crippen molar-refractivity contribution in [2.75, 3.05) is 13.1 Å². The average Bonchev–Trinajstić information content (AvgIpc) is 2.31. The van der Waals surface area contributed by atoms with Crippen LogP contribution in [0.4, 0.5) is 0 Å². The van der Waals surface area contributed by atoms with Crippen LogP contribution in [0.3, 0.4) is 0 Å². The number of carbonyl (C=O) groups excluding carboxylic acids is 1. The van der Waals surface area contributed by atoms with Gasteiger partial charge in [0, 0.05) is 13.0 Å². The van der Waals surface area contributed by atoms with E-state index >= 15 is 0 Å². The summed E-state index contributed by atoms with van der Waals surface area (Å²) in [5.41, 5.74) is 5.43. The average molecular weight is 228 g/mol. The van der Waals surface area contributed by atoms with Gasteiger partial charge >= 0.3 is 0 Å². The molecule has 0 spiro atoms. The van der Waals surface area contributed by atoms with Crippen molar-refractivity contribution in [3.8, 4) is 0 Å². The van der Waals surface area contributed by atoms with E-state index in [1.165, 1.54) is 44.9 Å². The van der Waals surface area contributed by atoms with Gasteiger partial charge in [0.05, 0.1) is 0 Å². The lowest BCUT2D eigenvalue weighted by Crippen LogP contribution is -2.23. The van der Waals surface area contributed by atoms with Gasteiger partial charge in [-0.1, -0.05) is 45.4 Å². The van der Waals surface area contributed by atoms with Gasteiger partial charge in [-0.3, -0.25) is 4.79 Å². The first-order valence-electron chi connectivity index (χ1n) is 6.78. The molecule has 0 heterocycles. The second kappa shape index (κ2) is 12.5. The third-order valence-electron chi connectivity index (χ3n) is 2.77. The van der Waals surface area contributed by atoms with Crippen molar-refractivity contribution in [1.82, 2.24) is 5.32 Å². The highest BCUT2D eigenvalue weighted by atomic mass is 16.1. The van der Waals surface area contributed by atoms with E-state index in [1.54, 1.807) is 0 Å². The number of hydrogen-bond acceptors (Lipinski definition) is 2. The zero-order valence-electron chi connectivity index (χ0n) is 10.8. The Morgan fingerprint density at radius 3 is 1.94 bits per heavy atom. The maximum atomic E-state index is 10.9. The van der Waals surface area contributed by atoms with Crippen LogP contribution in [0.15, 0.2) is 0 Å². The van der Waals surface area contributed by atoms with Crippen LogP contribution in [-0.2, 0) is 4.79 Å². The van der Waals surface area contributed by atoms with Gasteiger partial charge in [0.1, 0.15) is 0 Å². The predicted molar refractivity (Wildman–Crippen MR) is 69.3 cm³/mol. The summed E-state index contributed by atoms with van der Waals surface area (Å²) in [5.74, 6) is 0.168. The zero-order valence-corrected chi connectivity index (χ0v) is 10.8. The maximum Gasteiger partial charge on any atom is 0.219 e. The standard InChI is InChI=1S/C13H28N2O/c1-2-13(16)15-12-10-8-6-4-3-5-7-9-11-14/h2-12,14H2,1H3,(H,15,16). The Labute approximate surface area is 100 Å². The molecule has 0 aromatic carbocycles. The highest BCUT2D eigenvalue weighted by Gasteiger charge is 1.95. The quantitative estimate of drug-likeness (QED) is 0.534. The zero-order chi connectivity index (χ0) is 12.1. The molecule has 0 aromatic rings. The largest absolute Gasteiger partial charge is 0.356 e. The number of rotatable bonds is 11. The summed E-state index contributed by atoms with van der Waals surface area (Å²) < 4.78 is 0. The van der Waals surface area contributed by atoms with E-state index < -0.39 is 0 Å². The Balaban J connectivity index is 2.96. The van der Waals surface area contributed by atoms with Gasteiger partial charge in [-0.2, -0.15) is 0 Å². The van der Waals surface area contributed by atoms with Crippen LogP contribution in [0.1, 0.15) is 64.7 Å². The Morgan fingerprint density at radius 2 is 1.44 bits per heavy atom. The fourth-order valence-corrected chi connectivity index (χ4v) is 1.68. The van der Waals surface area contributed by atoms with Crippen molar-refractivity contribution in [1.29, 1.82) is 0 Å². The molecule has 3 N–H and O–H groups in total. The van der Waals surface area contributed by atoms with Gasteiger partial charge in [-0.05, 0) is 19.4 Å². The van der Waals surface area contributed by atoms with Gasteiger partial charge in [0.2, 0.25) is 5.91 Å². The van der Waals surface area contributed by atoms with E-state index in [9.17, 15) is 4.79 Å². The molecule has 3 heteroatoms. The SMILES string of the molecule is CCC(=O)NCCCCCCCCCCN. The minimum Gasteiger partial charge on any atom is -0.356 e. The number of nitrogens with one attached hydrogen (secondary N) is 1. The summed E-state index contributed by atoms with van der Waals surface area (Å²) in [5, 5.41) is 2.90. The molecule has 1 amide bonds. The van der Waals surface area contributed by atoms with E-state index in [-0.39, 0.29) is 5.91 Å². The second-order valence-electron chi connectivity index (χ2n) is 4.32. The van der Waals surface area contributed by atoms with Crippen molar-refractivity contribution < 1.29 is 4.79 Å². The third kappa shape index (κ3) is 11.5. The van der Waals surface area contributed by atoms with Crippen molar-refractivity contribution in [3.05, 3.63) is 0 Å². The molecule has 0 aliphatic rings. The summed E-state index contributed by atoms with van der Waals surface area (Å²) in [7, 11) is 0. The molecule has 3 nitrogen and oxygen atoms in total. The van der Waals surface area contributed by atoms with Crippen LogP contribution < -0.4 is 11.1 Å². The minimum atomic E-state index is 0.168. The molecule has 0 aliphatic carbocycles. The Bertz CT molecular complexity index is 160. The summed E-state index contributed by atoms with van der Waals surface area (Å²) in [6, 6.07) is 0. The van der Waals surface area contributed by atoms with Crippen LogP contribution in [0.25, 0.3) is 0 Å². The molecule has 16 heavy (non-hydrogen) atoms. The molecule has 0 saturated heterocycles. The lowest BCUT2D eigenvalue weighted by atomic mass is 10.1. The smallest absolute Gasteiger partial charge is 0.219 e. The van der Waals surface area contributed by atoms with Crippen molar-refractivity contribution >= 4 is 5.91 Å². The van der Waals surface area contributed by atoms with Crippen LogP contribution in [0, 0.1) is 0 Å². The molecule has 96 valence electrons. The second-order valence-corrected chi connectivity index (χ2v) is 4.32. The molecule has 0 unspecified atom stereocenters. The molecule has 0 aromatic heterocycles. The summed E-state index contributed by atoms with van der Waals surface area (Å²) >= 11 is 0. The maximum absolute atomic E-state index is 10.9. The number of unbranched alkanes of at least 4 members (excludes halogenated alkanes) is 7. The Morgan fingerprint density at radius 1 is 0.938 bits per heavy atom. The van der Waals surface area contributed by atoms with Crippen LogP contribution in [0.2, 0.25) is 0 Å². The van der Waals surface area contributed by atoms with E-state index in [0.29, 0.717) is 6.42 Å². The highest BCUT2D eigenvalue weighted by Crippen LogP contribution is 2.07. The molecule has 0 radical (unpaired) electrons. The van der Waals surface area contributed by atoms with E-state index in [4.69, 9.17) is 5.73 Å². The van der Waals surface area contributed by atoms with Crippen molar-refractivity contribution in [2.45, 2.75) is 64.7 Å². The number of carbonyl (C=O) groups is 1. The van der Waals surface area contributed by atoms with E-state index in [2.05, 4.69) is 5.32 Å². The lowest BCUT2D eigenvalue weighted by Gasteiger charge is -2.03. The molecule has 0 atom stereocenters. The number of amides is 1. The van der Waals surface area contributed by atoms with Crippen LogP contribution in [-0.4, -0.2) is 19.0 Å². The lowest BCUT2D eigenvalue weighted by molar-refractivity contribution is -0.120. The van der Waals surface area contributed by atoms with Crippen molar-refractivity contribution in [3.63, 3.8) is 0 Å². The summed E-state index contributed by atoms with van der Waals surface area (Å²) in [6.45, 7) is 3.56. The van der Waals surface area contributed by atoms with Crippen LogP contribution >= 0.6 is 0 Å². The number of nitrogens with two attached hydrogens (primary N) is 1. The van der Waals surface area contributed by atoms with Crippen LogP contribution in [0.5, 0.6) is 0 Å². The van der Waals surface area contributed by atoms with Crippen molar-refractivity contribution in [2.24, 2.45) is 5.73 Å². The first-order chi connectivity index (χ1) is 7.81. The van der Waals surface area contributed by atoms with Gasteiger partial charge < -0.3 is 11.1 Å². The topological polar surface area (TPSA) is 55.1 Å². The molecule has 0 fully saturated rings. The van der Waals surface area contributed by atoms with Gasteiger partial charge in [0.15, 0.2) is 0 Å². The Hall–Kier alpha value is -0.570. The summed E-state index contributed by atoms with van der Waals surface area (Å²) in [4.78, 5) is 10.9. The fourth-order valence-electron chi connectivity index (χ4n) is 1.68. The molecular formula is C13H28N2O. The van der Waals surface area contributed by atoms with E-state index in [1.807, 2.05) is 6.92 Å². The van der Waals surface area contributed by atoms with Gasteiger partial charge in [-0.25, -0.2) is 0 Å². The van der Waals surface area contributed by atoms with Gasteiger partial charge in [0.25, 0.3) is 0 Å². The first-order valence-corrected chi connectivity index (χ1v) is 6.78. The monoisotopic (exact) mass is 228 g/mol.